The Morgan fingerprint density at radius 1 is 0.895 bits per heavy atom. The Morgan fingerprint density at radius 2 is 1.53 bits per heavy atom. The van der Waals surface area contributed by atoms with Crippen molar-refractivity contribution in [2.45, 2.75) is 19.9 Å². The third kappa shape index (κ3) is 3.15. The predicted octanol–water partition coefficient (Wildman–Crippen LogP) is 3.42. The molecule has 0 amide bonds. The molecule has 0 saturated heterocycles. The maximum absolute atomic E-state index is 6.40. The smallest absolute Gasteiger partial charge is 0.0552 e. The van der Waals surface area contributed by atoms with Crippen LogP contribution in [0.1, 0.15) is 28.3 Å². The van der Waals surface area contributed by atoms with Gasteiger partial charge in [0, 0.05) is 19.8 Å². The fourth-order valence-corrected chi connectivity index (χ4v) is 2.38. The SMILES string of the molecule is Cc1cc(C)cc(C(N)c2cccc(N(C)C)c2)c1. The van der Waals surface area contributed by atoms with E-state index in [1.807, 2.05) is 14.1 Å². The molecule has 1 atom stereocenters. The number of aryl methyl sites for hydroxylation is 2. The van der Waals surface area contributed by atoms with Crippen LogP contribution in [0.4, 0.5) is 5.69 Å². The highest BCUT2D eigenvalue weighted by atomic mass is 15.1. The first-order valence-corrected chi connectivity index (χ1v) is 6.58. The molecule has 2 rings (SSSR count). The van der Waals surface area contributed by atoms with E-state index in [1.165, 1.54) is 22.4 Å². The molecule has 2 N–H and O–H groups in total. The molecule has 0 heterocycles. The number of benzene rings is 2. The van der Waals surface area contributed by atoms with E-state index in [2.05, 4.69) is 61.2 Å². The number of anilines is 1. The van der Waals surface area contributed by atoms with Crippen LogP contribution in [0, 0.1) is 13.8 Å². The molecule has 1 unspecified atom stereocenters. The minimum Gasteiger partial charge on any atom is -0.378 e. The first-order valence-electron chi connectivity index (χ1n) is 6.58. The molecule has 0 bridgehead atoms. The van der Waals surface area contributed by atoms with E-state index in [0.717, 1.165) is 5.56 Å². The molecule has 0 radical (unpaired) electrons. The highest BCUT2D eigenvalue weighted by Gasteiger charge is 2.10. The van der Waals surface area contributed by atoms with Gasteiger partial charge in [0.05, 0.1) is 6.04 Å². The van der Waals surface area contributed by atoms with Crippen LogP contribution in [-0.4, -0.2) is 14.1 Å². The van der Waals surface area contributed by atoms with Gasteiger partial charge in [-0.3, -0.25) is 0 Å². The lowest BCUT2D eigenvalue weighted by Crippen LogP contribution is -2.14. The minimum atomic E-state index is -0.0708. The van der Waals surface area contributed by atoms with Crippen molar-refractivity contribution in [2.24, 2.45) is 5.73 Å². The summed E-state index contributed by atoms with van der Waals surface area (Å²) in [6, 6.07) is 14.8. The van der Waals surface area contributed by atoms with E-state index in [9.17, 15) is 0 Å². The van der Waals surface area contributed by atoms with Crippen molar-refractivity contribution in [3.8, 4) is 0 Å². The largest absolute Gasteiger partial charge is 0.378 e. The van der Waals surface area contributed by atoms with Crippen molar-refractivity contribution in [3.05, 3.63) is 64.7 Å². The molecule has 0 aliphatic heterocycles. The summed E-state index contributed by atoms with van der Waals surface area (Å²) in [5.41, 5.74) is 12.4. The number of rotatable bonds is 3. The van der Waals surface area contributed by atoms with Gasteiger partial charge in [0.1, 0.15) is 0 Å². The van der Waals surface area contributed by atoms with Crippen LogP contribution >= 0.6 is 0 Å². The van der Waals surface area contributed by atoms with Gasteiger partial charge in [0.15, 0.2) is 0 Å². The molecule has 19 heavy (non-hydrogen) atoms. The molecule has 0 spiro atoms. The van der Waals surface area contributed by atoms with Crippen LogP contribution in [0.3, 0.4) is 0 Å². The fourth-order valence-electron chi connectivity index (χ4n) is 2.38. The van der Waals surface area contributed by atoms with Gasteiger partial charge >= 0.3 is 0 Å². The first-order chi connectivity index (χ1) is 8.97. The van der Waals surface area contributed by atoms with E-state index in [-0.39, 0.29) is 6.04 Å². The molecule has 0 aromatic heterocycles. The summed E-state index contributed by atoms with van der Waals surface area (Å²) in [5, 5.41) is 0. The second kappa shape index (κ2) is 5.45. The number of nitrogens with two attached hydrogens (primary N) is 1. The van der Waals surface area contributed by atoms with E-state index in [4.69, 9.17) is 5.73 Å². The van der Waals surface area contributed by atoms with Crippen molar-refractivity contribution < 1.29 is 0 Å². The fraction of sp³-hybridized carbons (Fsp3) is 0.294. The average molecular weight is 254 g/mol. The average Bonchev–Trinajstić information content (AvgIpc) is 2.37. The van der Waals surface area contributed by atoms with Gasteiger partial charge in [-0.2, -0.15) is 0 Å². The van der Waals surface area contributed by atoms with Crippen LogP contribution in [0.15, 0.2) is 42.5 Å². The maximum Gasteiger partial charge on any atom is 0.0552 e. The summed E-state index contributed by atoms with van der Waals surface area (Å²) in [6.45, 7) is 4.22. The molecule has 0 fully saturated rings. The van der Waals surface area contributed by atoms with Crippen LogP contribution in [-0.2, 0) is 0 Å². The number of hydrogen-bond donors (Lipinski definition) is 1. The Bertz CT molecular complexity index is 553. The standard InChI is InChI=1S/C17H22N2/c1-12-8-13(2)10-15(9-12)17(18)14-6-5-7-16(11-14)19(3)4/h5-11,17H,18H2,1-4H3. The lowest BCUT2D eigenvalue weighted by molar-refractivity contribution is 0.866. The zero-order valence-corrected chi connectivity index (χ0v) is 12.1. The van der Waals surface area contributed by atoms with Gasteiger partial charge in [-0.05, 0) is 37.1 Å². The maximum atomic E-state index is 6.40. The highest BCUT2D eigenvalue weighted by molar-refractivity contribution is 5.49. The van der Waals surface area contributed by atoms with Crippen LogP contribution in [0.5, 0.6) is 0 Å². The number of hydrogen-bond acceptors (Lipinski definition) is 2. The molecule has 2 aromatic carbocycles. The Kier molecular flexibility index (Phi) is 3.91. The summed E-state index contributed by atoms with van der Waals surface area (Å²) < 4.78 is 0. The monoisotopic (exact) mass is 254 g/mol. The molecule has 2 aromatic rings. The van der Waals surface area contributed by atoms with Gasteiger partial charge in [-0.25, -0.2) is 0 Å². The Hall–Kier alpha value is -1.80. The van der Waals surface area contributed by atoms with Crippen LogP contribution in [0.2, 0.25) is 0 Å². The van der Waals surface area contributed by atoms with Gasteiger partial charge in [0.25, 0.3) is 0 Å². The van der Waals surface area contributed by atoms with Gasteiger partial charge in [-0.15, -0.1) is 0 Å². The normalized spacial score (nSPS) is 12.3. The zero-order chi connectivity index (χ0) is 14.0. The highest BCUT2D eigenvalue weighted by Crippen LogP contribution is 2.24. The second-order valence-corrected chi connectivity index (χ2v) is 5.39. The van der Waals surface area contributed by atoms with Crippen molar-refractivity contribution in [1.29, 1.82) is 0 Å². The van der Waals surface area contributed by atoms with E-state index in [1.54, 1.807) is 0 Å². The van der Waals surface area contributed by atoms with Crippen LogP contribution in [0.25, 0.3) is 0 Å². The van der Waals surface area contributed by atoms with Crippen molar-refractivity contribution in [2.75, 3.05) is 19.0 Å². The van der Waals surface area contributed by atoms with Crippen molar-refractivity contribution in [1.82, 2.24) is 0 Å². The van der Waals surface area contributed by atoms with Gasteiger partial charge in [0.2, 0.25) is 0 Å². The predicted molar refractivity (Wildman–Crippen MR) is 82.7 cm³/mol. The van der Waals surface area contributed by atoms with Gasteiger partial charge < -0.3 is 10.6 Å². The van der Waals surface area contributed by atoms with Crippen molar-refractivity contribution >= 4 is 5.69 Å². The summed E-state index contributed by atoms with van der Waals surface area (Å²) in [7, 11) is 4.09. The molecular weight excluding hydrogens is 232 g/mol. The lowest BCUT2D eigenvalue weighted by Gasteiger charge is -2.18. The first kappa shape index (κ1) is 13.6. The Morgan fingerprint density at radius 3 is 2.11 bits per heavy atom. The molecule has 0 aliphatic rings. The molecule has 100 valence electrons. The zero-order valence-electron chi connectivity index (χ0n) is 12.1. The second-order valence-electron chi connectivity index (χ2n) is 5.39. The molecule has 0 aliphatic carbocycles. The summed E-state index contributed by atoms with van der Waals surface area (Å²) in [5.74, 6) is 0. The van der Waals surface area contributed by atoms with E-state index < -0.39 is 0 Å². The topological polar surface area (TPSA) is 29.3 Å². The third-order valence-electron chi connectivity index (χ3n) is 3.35. The van der Waals surface area contributed by atoms with E-state index >= 15 is 0 Å². The van der Waals surface area contributed by atoms with Gasteiger partial charge in [-0.1, -0.05) is 41.5 Å². The quantitative estimate of drug-likeness (QED) is 0.909. The number of nitrogens with zero attached hydrogens (tertiary/aromatic N) is 1. The lowest BCUT2D eigenvalue weighted by atomic mass is 9.96. The van der Waals surface area contributed by atoms with Crippen LogP contribution < -0.4 is 10.6 Å². The van der Waals surface area contributed by atoms with E-state index in [0.29, 0.717) is 0 Å². The molecule has 2 nitrogen and oxygen atoms in total. The summed E-state index contributed by atoms with van der Waals surface area (Å²) in [4.78, 5) is 2.09. The Labute approximate surface area is 115 Å². The summed E-state index contributed by atoms with van der Waals surface area (Å²) >= 11 is 0. The van der Waals surface area contributed by atoms with Crippen molar-refractivity contribution in [3.63, 3.8) is 0 Å². The Balaban J connectivity index is 2.38. The molecule has 0 saturated carbocycles. The third-order valence-corrected chi connectivity index (χ3v) is 3.35. The summed E-state index contributed by atoms with van der Waals surface area (Å²) in [6.07, 6.45) is 0. The minimum absolute atomic E-state index is 0.0708. The molecular formula is C17H22N2. The molecule has 2 heteroatoms.